The lowest BCUT2D eigenvalue weighted by molar-refractivity contribution is 0.207. The molecule has 4 heteroatoms. The zero-order valence-corrected chi connectivity index (χ0v) is 15.9. The smallest absolute Gasteiger partial charge is 0.165 e. The molecule has 25 heavy (non-hydrogen) atoms. The van der Waals surface area contributed by atoms with E-state index in [0.29, 0.717) is 31.3 Å². The van der Waals surface area contributed by atoms with Crippen molar-refractivity contribution in [1.82, 2.24) is 0 Å². The predicted molar refractivity (Wildman–Crippen MR) is 102 cm³/mol. The first-order valence-corrected chi connectivity index (χ1v) is 8.59. The van der Waals surface area contributed by atoms with Gasteiger partial charge in [0.2, 0.25) is 0 Å². The van der Waals surface area contributed by atoms with Crippen molar-refractivity contribution in [3.8, 4) is 17.2 Å². The van der Waals surface area contributed by atoms with Gasteiger partial charge < -0.3 is 19.9 Å². The molecule has 0 atom stereocenters. The number of aryl methyl sites for hydroxylation is 1. The van der Waals surface area contributed by atoms with Gasteiger partial charge >= 0.3 is 0 Å². The lowest BCUT2D eigenvalue weighted by Gasteiger charge is -2.23. The van der Waals surface area contributed by atoms with Gasteiger partial charge in [0.25, 0.3) is 0 Å². The topological polar surface area (TPSA) is 53.7 Å². The zero-order chi connectivity index (χ0) is 18.4. The van der Waals surface area contributed by atoms with Crippen molar-refractivity contribution in [2.45, 2.75) is 39.7 Å². The largest absolute Gasteiger partial charge is 0.493 e. The Morgan fingerprint density at radius 2 is 1.68 bits per heavy atom. The summed E-state index contributed by atoms with van der Waals surface area (Å²) in [4.78, 5) is 0. The Hall–Kier alpha value is -2.20. The molecule has 136 valence electrons. The normalized spacial score (nSPS) is 11.3. The minimum Gasteiger partial charge on any atom is -0.493 e. The van der Waals surface area contributed by atoms with Gasteiger partial charge in [-0.3, -0.25) is 0 Å². The fourth-order valence-corrected chi connectivity index (χ4v) is 2.70. The van der Waals surface area contributed by atoms with E-state index in [1.165, 1.54) is 11.1 Å². The van der Waals surface area contributed by atoms with E-state index in [1.807, 2.05) is 24.3 Å². The number of hydrogen-bond donors (Lipinski definition) is 1. The van der Waals surface area contributed by atoms with E-state index in [2.05, 4.69) is 39.8 Å². The highest BCUT2D eigenvalue weighted by molar-refractivity contribution is 5.46. The van der Waals surface area contributed by atoms with Crippen LogP contribution in [0.15, 0.2) is 36.4 Å². The molecule has 0 spiro atoms. The van der Waals surface area contributed by atoms with Gasteiger partial charge in [0, 0.05) is 12.1 Å². The average Bonchev–Trinajstić information content (AvgIpc) is 2.58. The Balaban J connectivity index is 2.04. The van der Waals surface area contributed by atoms with Crippen molar-refractivity contribution in [1.29, 1.82) is 0 Å². The van der Waals surface area contributed by atoms with Crippen LogP contribution in [-0.2, 0) is 12.0 Å². The maximum absolute atomic E-state index is 5.99. The molecule has 0 bridgehead atoms. The third-order valence-corrected chi connectivity index (χ3v) is 4.03. The van der Waals surface area contributed by atoms with E-state index in [9.17, 15) is 0 Å². The molecule has 0 aliphatic carbocycles. The molecule has 0 amide bonds. The summed E-state index contributed by atoms with van der Waals surface area (Å²) in [5.74, 6) is 2.28. The fraction of sp³-hybridized carbons (Fsp3) is 0.429. The average molecular weight is 343 g/mol. The van der Waals surface area contributed by atoms with Crippen LogP contribution in [0.4, 0.5) is 0 Å². The molecule has 0 radical (unpaired) electrons. The van der Waals surface area contributed by atoms with E-state index in [1.54, 1.807) is 7.11 Å². The summed E-state index contributed by atoms with van der Waals surface area (Å²) >= 11 is 0. The lowest BCUT2D eigenvalue weighted by Crippen LogP contribution is -2.16. The second-order valence-electron chi connectivity index (χ2n) is 7.10. The summed E-state index contributed by atoms with van der Waals surface area (Å²) in [6.45, 7) is 9.94. The van der Waals surface area contributed by atoms with Crippen LogP contribution in [0.5, 0.6) is 17.2 Å². The summed E-state index contributed by atoms with van der Waals surface area (Å²) in [5, 5.41) is 0. The summed E-state index contributed by atoms with van der Waals surface area (Å²) < 4.78 is 17.2. The standard InChI is InChI=1S/C21H29NO3/c1-15-9-10-18(17(13-15)21(2,3)4)24-11-12-25-20-16(14-22)7-6-8-19(20)23-5/h6-10,13H,11-12,14,22H2,1-5H3. The highest BCUT2D eigenvalue weighted by Gasteiger charge is 2.19. The molecule has 2 aromatic rings. The Labute approximate surface area is 150 Å². The van der Waals surface area contributed by atoms with Gasteiger partial charge in [-0.25, -0.2) is 0 Å². The van der Waals surface area contributed by atoms with Gasteiger partial charge in [-0.05, 0) is 30.0 Å². The van der Waals surface area contributed by atoms with E-state index in [4.69, 9.17) is 19.9 Å². The fourth-order valence-electron chi connectivity index (χ4n) is 2.70. The zero-order valence-electron chi connectivity index (χ0n) is 15.9. The molecular formula is C21H29NO3. The van der Waals surface area contributed by atoms with Crippen LogP contribution >= 0.6 is 0 Å². The van der Waals surface area contributed by atoms with E-state index in [0.717, 1.165) is 11.3 Å². The molecule has 2 rings (SSSR count). The van der Waals surface area contributed by atoms with Gasteiger partial charge in [0.1, 0.15) is 19.0 Å². The van der Waals surface area contributed by atoms with Gasteiger partial charge in [-0.15, -0.1) is 0 Å². The van der Waals surface area contributed by atoms with Crippen LogP contribution in [0.2, 0.25) is 0 Å². The van der Waals surface area contributed by atoms with Gasteiger partial charge in [0.05, 0.1) is 7.11 Å². The van der Waals surface area contributed by atoms with Gasteiger partial charge in [0.15, 0.2) is 11.5 Å². The first-order chi connectivity index (χ1) is 11.9. The van der Waals surface area contributed by atoms with Crippen molar-refractivity contribution >= 4 is 0 Å². The highest BCUT2D eigenvalue weighted by Crippen LogP contribution is 2.33. The summed E-state index contributed by atoms with van der Waals surface area (Å²) in [6, 6.07) is 12.0. The number of para-hydroxylation sites is 1. The molecule has 2 aromatic carbocycles. The number of benzene rings is 2. The quantitative estimate of drug-likeness (QED) is 0.765. The molecule has 0 saturated carbocycles. The Kier molecular flexibility index (Phi) is 6.32. The molecule has 0 aromatic heterocycles. The Bertz CT molecular complexity index is 683. The van der Waals surface area contributed by atoms with Crippen molar-refractivity contribution in [2.24, 2.45) is 5.73 Å². The molecular weight excluding hydrogens is 314 g/mol. The molecule has 0 saturated heterocycles. The van der Waals surface area contributed by atoms with Crippen LogP contribution in [-0.4, -0.2) is 20.3 Å². The third-order valence-electron chi connectivity index (χ3n) is 4.03. The minimum absolute atomic E-state index is 0.0254. The van der Waals surface area contributed by atoms with Crippen molar-refractivity contribution < 1.29 is 14.2 Å². The second-order valence-corrected chi connectivity index (χ2v) is 7.10. The maximum Gasteiger partial charge on any atom is 0.165 e. The second kappa shape index (κ2) is 8.26. The number of rotatable bonds is 7. The summed E-state index contributed by atoms with van der Waals surface area (Å²) in [6.07, 6.45) is 0. The molecule has 0 fully saturated rings. The number of methoxy groups -OCH3 is 1. The van der Waals surface area contributed by atoms with Crippen molar-refractivity contribution in [2.75, 3.05) is 20.3 Å². The van der Waals surface area contributed by atoms with Crippen LogP contribution < -0.4 is 19.9 Å². The SMILES string of the molecule is COc1cccc(CN)c1OCCOc1ccc(C)cc1C(C)(C)C. The predicted octanol–water partition coefficient (Wildman–Crippen LogP) is 4.22. The van der Waals surface area contributed by atoms with Crippen molar-refractivity contribution in [3.63, 3.8) is 0 Å². The van der Waals surface area contributed by atoms with Gasteiger partial charge in [-0.1, -0.05) is 50.6 Å². The van der Waals surface area contributed by atoms with E-state index < -0.39 is 0 Å². The Morgan fingerprint density at radius 1 is 0.960 bits per heavy atom. The van der Waals surface area contributed by atoms with Crippen LogP contribution in [0.25, 0.3) is 0 Å². The monoisotopic (exact) mass is 343 g/mol. The third kappa shape index (κ3) is 4.89. The van der Waals surface area contributed by atoms with E-state index >= 15 is 0 Å². The summed E-state index contributed by atoms with van der Waals surface area (Å²) in [5.41, 5.74) is 9.16. The minimum atomic E-state index is 0.0254. The number of hydrogen-bond acceptors (Lipinski definition) is 4. The maximum atomic E-state index is 5.99. The lowest BCUT2D eigenvalue weighted by atomic mass is 9.85. The van der Waals surface area contributed by atoms with Crippen molar-refractivity contribution in [3.05, 3.63) is 53.1 Å². The van der Waals surface area contributed by atoms with Crippen LogP contribution in [0, 0.1) is 6.92 Å². The molecule has 0 unspecified atom stereocenters. The molecule has 0 aliphatic rings. The van der Waals surface area contributed by atoms with Crippen LogP contribution in [0.1, 0.15) is 37.5 Å². The molecule has 2 N–H and O–H groups in total. The Morgan fingerprint density at radius 3 is 2.32 bits per heavy atom. The highest BCUT2D eigenvalue weighted by atomic mass is 16.5. The molecule has 4 nitrogen and oxygen atoms in total. The number of nitrogens with two attached hydrogens (primary N) is 1. The molecule has 0 heterocycles. The van der Waals surface area contributed by atoms with Crippen LogP contribution in [0.3, 0.4) is 0 Å². The number of ether oxygens (including phenoxy) is 3. The first kappa shape index (κ1) is 19.1. The van der Waals surface area contributed by atoms with E-state index in [-0.39, 0.29) is 5.41 Å². The molecule has 0 aliphatic heterocycles. The van der Waals surface area contributed by atoms with Gasteiger partial charge in [-0.2, -0.15) is 0 Å². The first-order valence-electron chi connectivity index (χ1n) is 8.59. The summed E-state index contributed by atoms with van der Waals surface area (Å²) in [7, 11) is 1.63.